The Bertz CT molecular complexity index is 575. The fourth-order valence-corrected chi connectivity index (χ4v) is 2.44. The standard InChI is InChI=1S/C18H24N2/c1-14-8-9-16(15(2)12-14)10-11-20(4)18-7-5-6-17(13-18)19-3/h5-9,12-13,19H,10-11H2,1-4H3. The molecule has 1 N–H and O–H groups in total. The van der Waals surface area contributed by atoms with Gasteiger partial charge in [0.25, 0.3) is 0 Å². The molecule has 0 saturated carbocycles. The Kier molecular flexibility index (Phi) is 4.67. The van der Waals surface area contributed by atoms with Crippen molar-refractivity contribution in [3.63, 3.8) is 0 Å². The van der Waals surface area contributed by atoms with E-state index in [2.05, 4.69) is 73.6 Å². The van der Waals surface area contributed by atoms with Crippen molar-refractivity contribution in [1.82, 2.24) is 0 Å². The molecular weight excluding hydrogens is 244 g/mol. The van der Waals surface area contributed by atoms with E-state index in [0.717, 1.165) is 18.7 Å². The predicted molar refractivity (Wildman–Crippen MR) is 88.9 cm³/mol. The van der Waals surface area contributed by atoms with Crippen LogP contribution in [0.25, 0.3) is 0 Å². The first-order valence-corrected chi connectivity index (χ1v) is 7.15. The van der Waals surface area contributed by atoms with E-state index in [1.54, 1.807) is 0 Å². The molecule has 2 aromatic carbocycles. The summed E-state index contributed by atoms with van der Waals surface area (Å²) in [6, 6.07) is 15.2. The summed E-state index contributed by atoms with van der Waals surface area (Å²) in [5, 5.41) is 3.18. The first-order valence-electron chi connectivity index (χ1n) is 7.15. The zero-order valence-electron chi connectivity index (χ0n) is 12.9. The number of anilines is 2. The maximum atomic E-state index is 3.18. The van der Waals surface area contributed by atoms with Crippen LogP contribution < -0.4 is 10.2 Å². The van der Waals surface area contributed by atoms with Crippen molar-refractivity contribution in [1.29, 1.82) is 0 Å². The second kappa shape index (κ2) is 6.47. The second-order valence-corrected chi connectivity index (χ2v) is 5.40. The number of likely N-dealkylation sites (N-methyl/N-ethyl adjacent to an activating group) is 1. The minimum atomic E-state index is 1.02. The third kappa shape index (κ3) is 3.53. The van der Waals surface area contributed by atoms with Crippen LogP contribution in [0, 0.1) is 13.8 Å². The molecule has 0 spiro atoms. The van der Waals surface area contributed by atoms with Crippen molar-refractivity contribution < 1.29 is 0 Å². The number of hydrogen-bond donors (Lipinski definition) is 1. The van der Waals surface area contributed by atoms with Gasteiger partial charge in [0.2, 0.25) is 0 Å². The summed E-state index contributed by atoms with van der Waals surface area (Å²) in [5.41, 5.74) is 6.57. The van der Waals surface area contributed by atoms with Crippen LogP contribution in [-0.2, 0) is 6.42 Å². The van der Waals surface area contributed by atoms with Crippen molar-refractivity contribution in [2.75, 3.05) is 30.9 Å². The average Bonchev–Trinajstić information content (AvgIpc) is 2.46. The Morgan fingerprint density at radius 3 is 2.55 bits per heavy atom. The maximum Gasteiger partial charge on any atom is 0.0384 e. The highest BCUT2D eigenvalue weighted by Gasteiger charge is 2.04. The molecule has 0 unspecified atom stereocenters. The van der Waals surface area contributed by atoms with Gasteiger partial charge in [0.1, 0.15) is 0 Å². The minimum absolute atomic E-state index is 1.02. The van der Waals surface area contributed by atoms with E-state index in [1.165, 1.54) is 22.4 Å². The van der Waals surface area contributed by atoms with Gasteiger partial charge in [0.15, 0.2) is 0 Å². The van der Waals surface area contributed by atoms with Crippen LogP contribution in [0.2, 0.25) is 0 Å². The Balaban J connectivity index is 2.02. The molecule has 2 aromatic rings. The number of nitrogens with zero attached hydrogens (tertiary/aromatic N) is 1. The zero-order valence-corrected chi connectivity index (χ0v) is 12.9. The summed E-state index contributed by atoms with van der Waals surface area (Å²) in [7, 11) is 4.10. The van der Waals surface area contributed by atoms with E-state index in [0.29, 0.717) is 0 Å². The van der Waals surface area contributed by atoms with Crippen molar-refractivity contribution in [3.05, 3.63) is 59.2 Å². The molecule has 0 amide bonds. The fourth-order valence-electron chi connectivity index (χ4n) is 2.44. The van der Waals surface area contributed by atoms with Gasteiger partial charge < -0.3 is 10.2 Å². The van der Waals surface area contributed by atoms with Gasteiger partial charge in [-0.1, -0.05) is 29.8 Å². The van der Waals surface area contributed by atoms with Crippen LogP contribution in [0.3, 0.4) is 0 Å². The summed E-state index contributed by atoms with van der Waals surface area (Å²) in [4.78, 5) is 2.31. The summed E-state index contributed by atoms with van der Waals surface area (Å²) in [6.07, 6.45) is 1.08. The van der Waals surface area contributed by atoms with E-state index < -0.39 is 0 Å². The summed E-state index contributed by atoms with van der Waals surface area (Å²) in [5.74, 6) is 0. The summed E-state index contributed by atoms with van der Waals surface area (Å²) < 4.78 is 0. The number of rotatable bonds is 5. The van der Waals surface area contributed by atoms with Crippen LogP contribution in [-0.4, -0.2) is 20.6 Å². The van der Waals surface area contributed by atoms with Crippen molar-refractivity contribution >= 4 is 11.4 Å². The van der Waals surface area contributed by atoms with Crippen LogP contribution >= 0.6 is 0 Å². The Hall–Kier alpha value is -1.96. The first-order chi connectivity index (χ1) is 9.60. The van der Waals surface area contributed by atoms with E-state index in [9.17, 15) is 0 Å². The van der Waals surface area contributed by atoms with Gasteiger partial charge in [0.05, 0.1) is 0 Å². The topological polar surface area (TPSA) is 15.3 Å². The molecule has 0 radical (unpaired) electrons. The highest BCUT2D eigenvalue weighted by Crippen LogP contribution is 2.19. The van der Waals surface area contributed by atoms with Crippen molar-refractivity contribution in [2.45, 2.75) is 20.3 Å². The van der Waals surface area contributed by atoms with Crippen LogP contribution in [0.15, 0.2) is 42.5 Å². The lowest BCUT2D eigenvalue weighted by Gasteiger charge is -2.20. The first kappa shape index (κ1) is 14.4. The molecule has 0 aliphatic rings. The molecule has 2 rings (SSSR count). The lowest BCUT2D eigenvalue weighted by atomic mass is 10.0. The predicted octanol–water partition coefficient (Wildman–Crippen LogP) is 4.02. The van der Waals surface area contributed by atoms with Gasteiger partial charge in [-0.25, -0.2) is 0 Å². The highest BCUT2D eigenvalue weighted by molar-refractivity contribution is 5.57. The molecule has 106 valence electrons. The van der Waals surface area contributed by atoms with Crippen molar-refractivity contribution in [3.8, 4) is 0 Å². The Morgan fingerprint density at radius 1 is 1.05 bits per heavy atom. The van der Waals surface area contributed by atoms with E-state index in [-0.39, 0.29) is 0 Å². The van der Waals surface area contributed by atoms with Crippen molar-refractivity contribution in [2.24, 2.45) is 0 Å². The molecule has 2 heteroatoms. The highest BCUT2D eigenvalue weighted by atomic mass is 15.1. The molecule has 20 heavy (non-hydrogen) atoms. The molecule has 0 saturated heterocycles. The minimum Gasteiger partial charge on any atom is -0.388 e. The molecular formula is C18H24N2. The maximum absolute atomic E-state index is 3.18. The molecule has 0 aliphatic heterocycles. The fraction of sp³-hybridized carbons (Fsp3) is 0.333. The number of benzene rings is 2. The third-order valence-electron chi connectivity index (χ3n) is 3.79. The average molecular weight is 268 g/mol. The van der Waals surface area contributed by atoms with Gasteiger partial charge in [-0.05, 0) is 49.6 Å². The van der Waals surface area contributed by atoms with Crippen LogP contribution in [0.5, 0.6) is 0 Å². The van der Waals surface area contributed by atoms with Gasteiger partial charge >= 0.3 is 0 Å². The quantitative estimate of drug-likeness (QED) is 0.881. The summed E-state index contributed by atoms with van der Waals surface area (Å²) >= 11 is 0. The van der Waals surface area contributed by atoms with E-state index in [1.807, 2.05) is 7.05 Å². The monoisotopic (exact) mass is 268 g/mol. The molecule has 2 nitrogen and oxygen atoms in total. The smallest absolute Gasteiger partial charge is 0.0384 e. The Morgan fingerprint density at radius 2 is 1.85 bits per heavy atom. The lowest BCUT2D eigenvalue weighted by molar-refractivity contribution is 0.871. The van der Waals surface area contributed by atoms with Gasteiger partial charge in [0, 0.05) is 32.0 Å². The Labute approximate surface area is 122 Å². The summed E-state index contributed by atoms with van der Waals surface area (Å²) in [6.45, 7) is 5.37. The second-order valence-electron chi connectivity index (χ2n) is 5.40. The molecule has 0 aliphatic carbocycles. The van der Waals surface area contributed by atoms with Crippen LogP contribution in [0.4, 0.5) is 11.4 Å². The molecule has 0 fully saturated rings. The van der Waals surface area contributed by atoms with Crippen LogP contribution in [0.1, 0.15) is 16.7 Å². The molecule has 0 bridgehead atoms. The third-order valence-corrected chi connectivity index (χ3v) is 3.79. The molecule has 0 heterocycles. The number of aryl methyl sites for hydroxylation is 2. The lowest BCUT2D eigenvalue weighted by Crippen LogP contribution is -2.20. The van der Waals surface area contributed by atoms with Gasteiger partial charge in [-0.2, -0.15) is 0 Å². The number of hydrogen-bond acceptors (Lipinski definition) is 2. The number of nitrogens with one attached hydrogen (secondary N) is 1. The van der Waals surface area contributed by atoms with Gasteiger partial charge in [-0.3, -0.25) is 0 Å². The molecule has 0 atom stereocenters. The normalized spacial score (nSPS) is 10.4. The van der Waals surface area contributed by atoms with E-state index >= 15 is 0 Å². The van der Waals surface area contributed by atoms with Gasteiger partial charge in [-0.15, -0.1) is 0 Å². The SMILES string of the molecule is CNc1cccc(N(C)CCc2ccc(C)cc2C)c1. The van der Waals surface area contributed by atoms with E-state index in [4.69, 9.17) is 0 Å². The largest absolute Gasteiger partial charge is 0.388 e. The zero-order chi connectivity index (χ0) is 14.5. The molecule has 0 aromatic heterocycles.